The van der Waals surface area contributed by atoms with Crippen LogP contribution in [0.25, 0.3) is 0 Å². The van der Waals surface area contributed by atoms with Crippen LogP contribution in [0.2, 0.25) is 5.02 Å². The van der Waals surface area contributed by atoms with Crippen LogP contribution in [0.15, 0.2) is 30.5 Å². The standard InChI is InChI=1S/C16H12ClF3N2O/c17-14-5-9(8-22-16(14)20)13(7-21)11(3-4-23)12-6-10(18)1-2-15(12)19/h1-2,5-6,8,11,13,23H,3-4H2. The quantitative estimate of drug-likeness (QED) is 0.839. The zero-order valence-corrected chi connectivity index (χ0v) is 12.6. The molecule has 3 nitrogen and oxygen atoms in total. The lowest BCUT2D eigenvalue weighted by molar-refractivity contribution is 0.270. The van der Waals surface area contributed by atoms with E-state index in [9.17, 15) is 23.5 Å². The Bertz CT molecular complexity index is 749. The van der Waals surface area contributed by atoms with Crippen LogP contribution in [0.3, 0.4) is 0 Å². The molecule has 1 aromatic carbocycles. The van der Waals surface area contributed by atoms with Crippen molar-refractivity contribution in [3.05, 3.63) is 64.2 Å². The molecule has 1 heterocycles. The summed E-state index contributed by atoms with van der Waals surface area (Å²) in [6.45, 7) is -0.332. The molecule has 0 saturated heterocycles. The van der Waals surface area contributed by atoms with Crippen LogP contribution in [0.4, 0.5) is 13.2 Å². The highest BCUT2D eigenvalue weighted by Gasteiger charge is 2.28. The molecule has 1 N–H and O–H groups in total. The summed E-state index contributed by atoms with van der Waals surface area (Å²) >= 11 is 5.67. The highest BCUT2D eigenvalue weighted by atomic mass is 35.5. The van der Waals surface area contributed by atoms with Gasteiger partial charge in [0, 0.05) is 18.7 Å². The number of aliphatic hydroxyl groups excluding tert-OH is 1. The lowest BCUT2D eigenvalue weighted by atomic mass is 9.80. The van der Waals surface area contributed by atoms with Crippen molar-refractivity contribution in [3.8, 4) is 6.07 Å². The van der Waals surface area contributed by atoms with Gasteiger partial charge >= 0.3 is 0 Å². The molecule has 2 unspecified atom stereocenters. The van der Waals surface area contributed by atoms with Crippen LogP contribution in [-0.4, -0.2) is 16.7 Å². The summed E-state index contributed by atoms with van der Waals surface area (Å²) in [5, 5.41) is 18.4. The van der Waals surface area contributed by atoms with Gasteiger partial charge in [-0.1, -0.05) is 11.6 Å². The molecule has 2 atom stereocenters. The van der Waals surface area contributed by atoms with Crippen LogP contribution in [-0.2, 0) is 0 Å². The van der Waals surface area contributed by atoms with Crippen molar-refractivity contribution in [1.82, 2.24) is 4.98 Å². The van der Waals surface area contributed by atoms with Crippen molar-refractivity contribution in [2.75, 3.05) is 6.61 Å². The molecule has 1 aromatic heterocycles. The van der Waals surface area contributed by atoms with Gasteiger partial charge in [0.25, 0.3) is 0 Å². The zero-order valence-electron chi connectivity index (χ0n) is 11.8. The number of halogens is 4. The summed E-state index contributed by atoms with van der Waals surface area (Å²) in [5.74, 6) is -4.03. The number of nitrogens with zero attached hydrogens (tertiary/aromatic N) is 2. The van der Waals surface area contributed by atoms with Gasteiger partial charge in [0.15, 0.2) is 0 Å². The van der Waals surface area contributed by atoms with Gasteiger partial charge in [-0.15, -0.1) is 0 Å². The molecule has 0 fully saturated rings. The van der Waals surface area contributed by atoms with Crippen molar-refractivity contribution in [1.29, 1.82) is 5.26 Å². The maximum atomic E-state index is 14.0. The van der Waals surface area contributed by atoms with E-state index in [4.69, 9.17) is 11.6 Å². The fourth-order valence-electron chi connectivity index (χ4n) is 2.44. The van der Waals surface area contributed by atoms with E-state index < -0.39 is 29.4 Å². The smallest absolute Gasteiger partial charge is 0.231 e. The third-order valence-corrected chi connectivity index (χ3v) is 3.78. The van der Waals surface area contributed by atoms with Crippen molar-refractivity contribution in [2.24, 2.45) is 0 Å². The minimum Gasteiger partial charge on any atom is -0.396 e. The number of rotatable bonds is 5. The van der Waals surface area contributed by atoms with E-state index in [1.165, 1.54) is 6.07 Å². The first-order chi connectivity index (χ1) is 11.0. The van der Waals surface area contributed by atoms with Crippen LogP contribution in [0.5, 0.6) is 0 Å². The number of nitriles is 1. The average Bonchev–Trinajstić information content (AvgIpc) is 2.53. The molecular formula is C16H12ClF3N2O. The molecule has 0 amide bonds. The Hall–Kier alpha value is -2.10. The van der Waals surface area contributed by atoms with Gasteiger partial charge in [0.05, 0.1) is 17.0 Å². The van der Waals surface area contributed by atoms with E-state index in [-0.39, 0.29) is 29.2 Å². The van der Waals surface area contributed by atoms with Gasteiger partial charge in [0.2, 0.25) is 5.95 Å². The van der Waals surface area contributed by atoms with Crippen LogP contribution in [0, 0.1) is 28.9 Å². The number of aromatic nitrogens is 1. The zero-order chi connectivity index (χ0) is 17.0. The van der Waals surface area contributed by atoms with Crippen molar-refractivity contribution >= 4 is 11.6 Å². The second kappa shape index (κ2) is 7.44. The summed E-state index contributed by atoms with van der Waals surface area (Å²) in [6.07, 6.45) is 1.14. The van der Waals surface area contributed by atoms with Gasteiger partial charge in [-0.2, -0.15) is 9.65 Å². The molecule has 2 rings (SSSR count). The first-order valence-corrected chi connectivity index (χ1v) is 7.12. The summed E-state index contributed by atoms with van der Waals surface area (Å²) < 4.78 is 40.7. The fraction of sp³-hybridized carbons (Fsp3) is 0.250. The summed E-state index contributed by atoms with van der Waals surface area (Å²) in [7, 11) is 0. The third-order valence-electron chi connectivity index (χ3n) is 3.52. The molecule has 120 valence electrons. The SMILES string of the molecule is N#CC(c1cnc(F)c(Cl)c1)C(CCO)c1cc(F)ccc1F. The predicted molar refractivity (Wildman–Crippen MR) is 78.4 cm³/mol. The lowest BCUT2D eigenvalue weighted by Crippen LogP contribution is -2.14. The van der Waals surface area contributed by atoms with Crippen LogP contribution < -0.4 is 0 Å². The molecule has 7 heteroatoms. The number of benzene rings is 1. The average molecular weight is 341 g/mol. The largest absolute Gasteiger partial charge is 0.396 e. The molecule has 0 saturated carbocycles. The van der Waals surface area contributed by atoms with Crippen LogP contribution in [0.1, 0.15) is 29.4 Å². The number of aliphatic hydroxyl groups is 1. The molecule has 0 aliphatic rings. The topological polar surface area (TPSA) is 56.9 Å². The Morgan fingerprint density at radius 3 is 2.61 bits per heavy atom. The Labute approximate surface area is 136 Å². The van der Waals surface area contributed by atoms with Crippen molar-refractivity contribution in [2.45, 2.75) is 18.3 Å². The van der Waals surface area contributed by atoms with Crippen molar-refractivity contribution in [3.63, 3.8) is 0 Å². The summed E-state index contributed by atoms with van der Waals surface area (Å²) in [6, 6.07) is 6.10. The van der Waals surface area contributed by atoms with E-state index in [2.05, 4.69) is 4.98 Å². The van der Waals surface area contributed by atoms with Gasteiger partial charge in [-0.3, -0.25) is 0 Å². The minimum absolute atomic E-state index is 0.0214. The second-order valence-electron chi connectivity index (χ2n) is 4.93. The van der Waals surface area contributed by atoms with E-state index in [1.807, 2.05) is 6.07 Å². The van der Waals surface area contributed by atoms with Crippen LogP contribution >= 0.6 is 11.6 Å². The molecule has 2 aromatic rings. The summed E-state index contributed by atoms with van der Waals surface area (Å²) in [5.41, 5.74) is 0.229. The minimum atomic E-state index is -0.968. The van der Waals surface area contributed by atoms with E-state index in [0.29, 0.717) is 0 Å². The predicted octanol–water partition coefficient (Wildman–Crippen LogP) is 3.93. The first-order valence-electron chi connectivity index (χ1n) is 6.74. The Kier molecular flexibility index (Phi) is 5.59. The van der Waals surface area contributed by atoms with Crippen molar-refractivity contribution < 1.29 is 18.3 Å². The monoisotopic (exact) mass is 340 g/mol. The van der Waals surface area contributed by atoms with Gasteiger partial charge < -0.3 is 5.11 Å². The molecule has 23 heavy (non-hydrogen) atoms. The highest BCUT2D eigenvalue weighted by molar-refractivity contribution is 6.30. The second-order valence-corrected chi connectivity index (χ2v) is 5.34. The molecule has 0 spiro atoms. The van der Waals surface area contributed by atoms with E-state index in [0.717, 1.165) is 24.4 Å². The molecule has 0 radical (unpaired) electrons. The number of hydrogen-bond acceptors (Lipinski definition) is 3. The Morgan fingerprint density at radius 2 is 2.00 bits per heavy atom. The van der Waals surface area contributed by atoms with Gasteiger partial charge in [0.1, 0.15) is 11.6 Å². The molecule has 0 bridgehead atoms. The molecule has 0 aliphatic carbocycles. The molecule has 0 aliphatic heterocycles. The lowest BCUT2D eigenvalue weighted by Gasteiger charge is -2.22. The Balaban J connectivity index is 2.51. The fourth-order valence-corrected chi connectivity index (χ4v) is 2.62. The highest BCUT2D eigenvalue weighted by Crippen LogP contribution is 2.37. The number of pyridine rings is 1. The summed E-state index contributed by atoms with van der Waals surface area (Å²) in [4.78, 5) is 3.44. The van der Waals surface area contributed by atoms with E-state index in [1.54, 1.807) is 0 Å². The third kappa shape index (κ3) is 3.81. The maximum Gasteiger partial charge on any atom is 0.231 e. The van der Waals surface area contributed by atoms with Gasteiger partial charge in [-0.05, 0) is 41.8 Å². The maximum absolute atomic E-state index is 14.0. The number of hydrogen-bond donors (Lipinski definition) is 1. The first kappa shape index (κ1) is 17.3. The van der Waals surface area contributed by atoms with E-state index >= 15 is 0 Å². The Morgan fingerprint density at radius 1 is 1.26 bits per heavy atom. The molecular weight excluding hydrogens is 329 g/mol. The van der Waals surface area contributed by atoms with Gasteiger partial charge in [-0.25, -0.2) is 13.8 Å². The normalized spacial score (nSPS) is 13.4.